The number of hydrogen-bond acceptors (Lipinski definition) is 2. The molecule has 0 saturated carbocycles. The van der Waals surface area contributed by atoms with Crippen molar-refractivity contribution in [3.8, 4) is 0 Å². The third kappa shape index (κ3) is 4.20. The van der Waals surface area contributed by atoms with Gasteiger partial charge in [0.2, 0.25) is 0 Å². The molecule has 0 radical (unpaired) electrons. The first-order valence-corrected chi connectivity index (χ1v) is 6.40. The molecule has 0 aromatic heterocycles. The van der Waals surface area contributed by atoms with Crippen molar-refractivity contribution in [2.24, 2.45) is 0 Å². The van der Waals surface area contributed by atoms with Gasteiger partial charge in [-0.05, 0) is 47.0 Å². The van der Waals surface area contributed by atoms with E-state index in [4.69, 9.17) is 5.11 Å². The van der Waals surface area contributed by atoms with Crippen molar-refractivity contribution in [1.29, 1.82) is 0 Å². The first-order chi connectivity index (χ1) is 8.85. The minimum Gasteiger partial charge on any atom is -0.480 e. The van der Waals surface area contributed by atoms with Crippen molar-refractivity contribution in [3.05, 3.63) is 28.0 Å². The number of carboxylic acid groups (broad SMARTS) is 1. The summed E-state index contributed by atoms with van der Waals surface area (Å²) < 4.78 is 13.7. The number of halogens is 2. The maximum Gasteiger partial charge on any atom is 0.326 e. The Balaban J connectivity index is 2.77. The SMILES string of the molecule is CCC(NC(=O)Nc1cc(F)c(Br)cc1C)C(=O)O. The van der Waals surface area contributed by atoms with Gasteiger partial charge in [0, 0.05) is 5.69 Å². The summed E-state index contributed by atoms with van der Waals surface area (Å²) in [7, 11) is 0. The minimum atomic E-state index is -1.11. The third-order valence-electron chi connectivity index (χ3n) is 2.53. The molecule has 1 atom stereocenters. The van der Waals surface area contributed by atoms with E-state index < -0.39 is 23.9 Å². The lowest BCUT2D eigenvalue weighted by Gasteiger charge is -2.14. The van der Waals surface area contributed by atoms with Gasteiger partial charge in [0.15, 0.2) is 0 Å². The van der Waals surface area contributed by atoms with Gasteiger partial charge in [-0.3, -0.25) is 0 Å². The largest absolute Gasteiger partial charge is 0.480 e. The van der Waals surface area contributed by atoms with Crippen molar-refractivity contribution in [2.75, 3.05) is 5.32 Å². The van der Waals surface area contributed by atoms with Crippen molar-refractivity contribution < 1.29 is 19.1 Å². The van der Waals surface area contributed by atoms with E-state index in [0.717, 1.165) is 0 Å². The molecular formula is C12H14BrFN2O3. The normalized spacial score (nSPS) is 11.8. The van der Waals surface area contributed by atoms with Crippen LogP contribution in [0.5, 0.6) is 0 Å². The van der Waals surface area contributed by atoms with Crippen LogP contribution in [0, 0.1) is 12.7 Å². The van der Waals surface area contributed by atoms with Crippen LogP contribution in [-0.2, 0) is 4.79 Å². The van der Waals surface area contributed by atoms with E-state index in [1.807, 2.05) is 0 Å². The van der Waals surface area contributed by atoms with Gasteiger partial charge in [-0.1, -0.05) is 6.92 Å². The van der Waals surface area contributed by atoms with Crippen LogP contribution in [-0.4, -0.2) is 23.1 Å². The smallest absolute Gasteiger partial charge is 0.326 e. The van der Waals surface area contributed by atoms with E-state index in [1.165, 1.54) is 12.1 Å². The molecule has 1 rings (SSSR count). The summed E-state index contributed by atoms with van der Waals surface area (Å²) in [4.78, 5) is 22.4. The summed E-state index contributed by atoms with van der Waals surface area (Å²) in [6, 6.07) is 1.04. The number of hydrogen-bond donors (Lipinski definition) is 3. The molecule has 0 spiro atoms. The van der Waals surface area contributed by atoms with Crippen LogP contribution in [0.4, 0.5) is 14.9 Å². The van der Waals surface area contributed by atoms with Gasteiger partial charge in [-0.2, -0.15) is 0 Å². The summed E-state index contributed by atoms with van der Waals surface area (Å²) in [5, 5.41) is 13.5. The molecule has 19 heavy (non-hydrogen) atoms. The topological polar surface area (TPSA) is 78.4 Å². The van der Waals surface area contributed by atoms with Gasteiger partial charge in [-0.25, -0.2) is 14.0 Å². The Labute approximate surface area is 118 Å². The average molecular weight is 333 g/mol. The molecule has 0 fully saturated rings. The van der Waals surface area contributed by atoms with Gasteiger partial charge in [0.25, 0.3) is 0 Å². The monoisotopic (exact) mass is 332 g/mol. The van der Waals surface area contributed by atoms with E-state index >= 15 is 0 Å². The molecule has 1 aromatic carbocycles. The first-order valence-electron chi connectivity index (χ1n) is 5.61. The van der Waals surface area contributed by atoms with Crippen molar-refractivity contribution in [1.82, 2.24) is 5.32 Å². The lowest BCUT2D eigenvalue weighted by atomic mass is 10.2. The summed E-state index contributed by atoms with van der Waals surface area (Å²) in [5.74, 6) is -1.62. The molecule has 0 heterocycles. The molecule has 5 nitrogen and oxygen atoms in total. The van der Waals surface area contributed by atoms with E-state index in [0.29, 0.717) is 15.7 Å². The van der Waals surface area contributed by atoms with Crippen LogP contribution in [0.15, 0.2) is 16.6 Å². The lowest BCUT2D eigenvalue weighted by Crippen LogP contribution is -2.42. The summed E-state index contributed by atoms with van der Waals surface area (Å²) in [6.07, 6.45) is 0.260. The Bertz CT molecular complexity index is 508. The third-order valence-corrected chi connectivity index (χ3v) is 3.13. The first kappa shape index (κ1) is 15.4. The maximum absolute atomic E-state index is 13.4. The Kier molecular flexibility index (Phi) is 5.29. The van der Waals surface area contributed by atoms with Crippen molar-refractivity contribution in [3.63, 3.8) is 0 Å². The number of aliphatic carboxylic acids is 1. The number of rotatable bonds is 4. The molecule has 3 N–H and O–H groups in total. The molecule has 7 heteroatoms. The van der Waals surface area contributed by atoms with Crippen LogP contribution in [0.2, 0.25) is 0 Å². The number of nitrogens with one attached hydrogen (secondary N) is 2. The number of carbonyl (C=O) groups excluding carboxylic acids is 1. The second-order valence-electron chi connectivity index (χ2n) is 3.98. The predicted molar refractivity (Wildman–Crippen MR) is 72.7 cm³/mol. The summed E-state index contributed by atoms with van der Waals surface area (Å²) >= 11 is 3.04. The number of urea groups is 1. The lowest BCUT2D eigenvalue weighted by molar-refractivity contribution is -0.139. The molecule has 0 saturated heterocycles. The highest BCUT2D eigenvalue weighted by atomic mass is 79.9. The Morgan fingerprint density at radius 1 is 1.47 bits per heavy atom. The van der Waals surface area contributed by atoms with Gasteiger partial charge in [0.05, 0.1) is 4.47 Å². The van der Waals surface area contributed by atoms with Gasteiger partial charge in [0.1, 0.15) is 11.9 Å². The van der Waals surface area contributed by atoms with Crippen LogP contribution in [0.25, 0.3) is 0 Å². The van der Waals surface area contributed by atoms with Crippen molar-refractivity contribution in [2.45, 2.75) is 26.3 Å². The Morgan fingerprint density at radius 3 is 2.63 bits per heavy atom. The van der Waals surface area contributed by atoms with Gasteiger partial charge in [-0.15, -0.1) is 0 Å². The van der Waals surface area contributed by atoms with E-state index in [-0.39, 0.29) is 6.42 Å². The Morgan fingerprint density at radius 2 is 2.11 bits per heavy atom. The van der Waals surface area contributed by atoms with Crippen LogP contribution in [0.1, 0.15) is 18.9 Å². The second kappa shape index (κ2) is 6.51. The molecule has 104 valence electrons. The number of carboxylic acids is 1. The molecular weight excluding hydrogens is 319 g/mol. The molecule has 0 aliphatic carbocycles. The quantitative estimate of drug-likeness (QED) is 0.793. The van der Waals surface area contributed by atoms with Crippen molar-refractivity contribution >= 4 is 33.6 Å². The molecule has 0 aliphatic heterocycles. The number of benzene rings is 1. The molecule has 1 unspecified atom stereocenters. The van der Waals surface area contributed by atoms with Gasteiger partial charge < -0.3 is 15.7 Å². The average Bonchev–Trinajstić information content (AvgIpc) is 2.32. The van der Waals surface area contributed by atoms with Crippen LogP contribution >= 0.6 is 15.9 Å². The zero-order valence-corrected chi connectivity index (χ0v) is 12.0. The zero-order chi connectivity index (χ0) is 14.6. The number of carbonyl (C=O) groups is 2. The molecule has 0 aliphatic rings. The highest BCUT2D eigenvalue weighted by molar-refractivity contribution is 9.10. The fraction of sp³-hybridized carbons (Fsp3) is 0.333. The summed E-state index contributed by atoms with van der Waals surface area (Å²) in [6.45, 7) is 3.35. The standard InChI is InChI=1S/C12H14BrFN2O3/c1-3-9(11(17)18)15-12(19)16-10-5-8(14)7(13)4-6(10)2/h4-5,9H,3H2,1-2H3,(H,17,18)(H2,15,16,19). The zero-order valence-electron chi connectivity index (χ0n) is 10.5. The number of anilines is 1. The van der Waals surface area contributed by atoms with Gasteiger partial charge >= 0.3 is 12.0 Å². The fourth-order valence-corrected chi connectivity index (χ4v) is 1.89. The number of amides is 2. The van der Waals surface area contributed by atoms with E-state index in [1.54, 1.807) is 13.8 Å². The van der Waals surface area contributed by atoms with E-state index in [9.17, 15) is 14.0 Å². The molecule has 1 aromatic rings. The minimum absolute atomic E-state index is 0.260. The van der Waals surface area contributed by atoms with Crippen LogP contribution < -0.4 is 10.6 Å². The molecule has 2 amide bonds. The highest BCUT2D eigenvalue weighted by Crippen LogP contribution is 2.23. The van der Waals surface area contributed by atoms with E-state index in [2.05, 4.69) is 26.6 Å². The predicted octanol–water partition coefficient (Wildman–Crippen LogP) is 2.88. The summed E-state index contributed by atoms with van der Waals surface area (Å²) in [5.41, 5.74) is 0.949. The van der Waals surface area contributed by atoms with Crippen LogP contribution in [0.3, 0.4) is 0 Å². The fourth-order valence-electron chi connectivity index (χ4n) is 1.44. The number of aryl methyl sites for hydroxylation is 1. The maximum atomic E-state index is 13.4. The Hall–Kier alpha value is -1.63. The second-order valence-corrected chi connectivity index (χ2v) is 4.83. The molecule has 0 bridgehead atoms. The highest BCUT2D eigenvalue weighted by Gasteiger charge is 2.18.